The van der Waals surface area contributed by atoms with Crippen LogP contribution in [-0.4, -0.2) is 64.3 Å². The molecule has 0 saturated heterocycles. The largest absolute Gasteiger partial charge is 0.504 e. The topological polar surface area (TPSA) is 221 Å². The smallest absolute Gasteiger partial charge is 0.200 e. The number of benzene rings is 4. The van der Waals surface area contributed by atoms with Gasteiger partial charge < -0.3 is 60.5 Å². The lowest BCUT2D eigenvalue weighted by molar-refractivity contribution is 0.0578. The van der Waals surface area contributed by atoms with E-state index in [1.165, 1.54) is 48.5 Å². The standard InChI is InChI=1S/C34H38O12/c35-25-5-3-19(10-27(25)37)8-23(2-1-7-45-16-21-12-29(39)33(43)30(40)13-21)24(9-20-4-6-26(36)28(38)11-20)18-46-17-22-14-31(41)34(44)32(42)15-22/h3-6,10-15,23-24,35-44H,1-2,7-9,16-18H2/t23-,24+/m0/s1. The van der Waals surface area contributed by atoms with Crippen molar-refractivity contribution in [1.82, 2.24) is 0 Å². The highest BCUT2D eigenvalue weighted by molar-refractivity contribution is 5.51. The molecule has 10 N–H and O–H groups in total. The van der Waals surface area contributed by atoms with Gasteiger partial charge in [0.25, 0.3) is 0 Å². The van der Waals surface area contributed by atoms with Crippen molar-refractivity contribution in [2.24, 2.45) is 11.8 Å². The summed E-state index contributed by atoms with van der Waals surface area (Å²) in [6.07, 6.45) is 2.06. The summed E-state index contributed by atoms with van der Waals surface area (Å²) >= 11 is 0. The first-order valence-electron chi connectivity index (χ1n) is 14.6. The van der Waals surface area contributed by atoms with E-state index in [0.717, 1.165) is 11.1 Å². The van der Waals surface area contributed by atoms with Crippen molar-refractivity contribution in [3.05, 3.63) is 82.9 Å². The minimum atomic E-state index is -0.632. The van der Waals surface area contributed by atoms with Gasteiger partial charge >= 0.3 is 0 Å². The molecule has 0 spiro atoms. The van der Waals surface area contributed by atoms with Gasteiger partial charge in [-0.3, -0.25) is 0 Å². The van der Waals surface area contributed by atoms with E-state index < -0.39 is 34.5 Å². The lowest BCUT2D eigenvalue weighted by Crippen LogP contribution is -2.25. The first-order valence-corrected chi connectivity index (χ1v) is 14.6. The molecule has 0 saturated carbocycles. The van der Waals surface area contributed by atoms with Gasteiger partial charge in [0.2, 0.25) is 0 Å². The average molecular weight is 639 g/mol. The average Bonchev–Trinajstić information content (AvgIpc) is 3.01. The Labute approximate surface area is 264 Å². The molecule has 246 valence electrons. The second kappa shape index (κ2) is 15.2. The highest BCUT2D eigenvalue weighted by Crippen LogP contribution is 2.37. The summed E-state index contributed by atoms with van der Waals surface area (Å²) < 4.78 is 11.8. The van der Waals surface area contributed by atoms with Crippen LogP contribution in [0.4, 0.5) is 0 Å². The van der Waals surface area contributed by atoms with E-state index in [0.29, 0.717) is 43.4 Å². The number of ether oxygens (including phenoxy) is 2. The third-order valence-electron chi connectivity index (χ3n) is 7.73. The Hall–Kier alpha value is -5.20. The maximum atomic E-state index is 10.1. The SMILES string of the molecule is Oc1ccc(C[C@H](CCCOCc2cc(O)c(O)c(O)c2)[C@@H](COCc2cc(O)c(O)c(O)c2)Cc2ccc(O)c(O)c2)cc1O. The van der Waals surface area contributed by atoms with Crippen LogP contribution in [0.1, 0.15) is 35.1 Å². The Morgan fingerprint density at radius 2 is 0.848 bits per heavy atom. The van der Waals surface area contributed by atoms with Crippen molar-refractivity contribution < 1.29 is 60.5 Å². The summed E-state index contributed by atoms with van der Waals surface area (Å²) in [4.78, 5) is 0. The highest BCUT2D eigenvalue weighted by Gasteiger charge is 2.24. The van der Waals surface area contributed by atoms with E-state index in [1.807, 2.05) is 0 Å². The summed E-state index contributed by atoms with van der Waals surface area (Å²) in [6, 6.07) is 14.3. The van der Waals surface area contributed by atoms with Gasteiger partial charge in [-0.2, -0.15) is 0 Å². The van der Waals surface area contributed by atoms with Crippen molar-refractivity contribution in [3.63, 3.8) is 0 Å². The highest BCUT2D eigenvalue weighted by atomic mass is 16.5. The van der Waals surface area contributed by atoms with E-state index in [4.69, 9.17) is 9.47 Å². The molecule has 0 fully saturated rings. The molecule has 4 aromatic carbocycles. The van der Waals surface area contributed by atoms with E-state index in [1.54, 1.807) is 12.1 Å². The molecule has 0 amide bonds. The van der Waals surface area contributed by atoms with E-state index in [2.05, 4.69) is 0 Å². The van der Waals surface area contributed by atoms with Crippen LogP contribution in [0.3, 0.4) is 0 Å². The third kappa shape index (κ3) is 8.93. The molecule has 4 aromatic rings. The van der Waals surface area contributed by atoms with Gasteiger partial charge in [0, 0.05) is 6.61 Å². The number of phenols is 10. The van der Waals surface area contributed by atoms with E-state index in [9.17, 15) is 51.1 Å². The molecule has 0 heterocycles. The molecule has 12 heteroatoms. The normalized spacial score (nSPS) is 12.6. The number of aromatic hydroxyl groups is 10. The zero-order valence-corrected chi connectivity index (χ0v) is 24.9. The van der Waals surface area contributed by atoms with Crippen LogP contribution in [0.15, 0.2) is 60.7 Å². The quantitative estimate of drug-likeness (QED) is 0.0616. The predicted molar refractivity (Wildman–Crippen MR) is 165 cm³/mol. The Balaban J connectivity index is 1.52. The lowest BCUT2D eigenvalue weighted by Gasteiger charge is -2.28. The van der Waals surface area contributed by atoms with Crippen LogP contribution in [0.25, 0.3) is 0 Å². The Kier molecular flexibility index (Phi) is 11.1. The van der Waals surface area contributed by atoms with Gasteiger partial charge in [0.15, 0.2) is 57.5 Å². The molecule has 0 radical (unpaired) electrons. The van der Waals surface area contributed by atoms with Crippen LogP contribution in [0, 0.1) is 11.8 Å². The molecule has 4 rings (SSSR count). The van der Waals surface area contributed by atoms with Crippen molar-refractivity contribution >= 4 is 0 Å². The first-order chi connectivity index (χ1) is 21.9. The number of phenolic OH excluding ortho intramolecular Hbond substituents is 10. The van der Waals surface area contributed by atoms with Gasteiger partial charge in [0.1, 0.15) is 0 Å². The van der Waals surface area contributed by atoms with Crippen molar-refractivity contribution in [2.75, 3.05) is 13.2 Å². The molecule has 0 aliphatic rings. The molecular weight excluding hydrogens is 600 g/mol. The van der Waals surface area contributed by atoms with Crippen LogP contribution in [0.2, 0.25) is 0 Å². The van der Waals surface area contributed by atoms with Crippen LogP contribution in [0.5, 0.6) is 57.5 Å². The molecule has 0 aliphatic carbocycles. The maximum Gasteiger partial charge on any atom is 0.200 e. The zero-order chi connectivity index (χ0) is 33.4. The molecule has 0 aromatic heterocycles. The summed E-state index contributed by atoms with van der Waals surface area (Å²) in [5.74, 6) is -4.49. The number of rotatable bonds is 15. The first kappa shape index (κ1) is 33.7. The molecule has 0 unspecified atom stereocenters. The van der Waals surface area contributed by atoms with Crippen LogP contribution >= 0.6 is 0 Å². The Morgan fingerprint density at radius 3 is 1.30 bits per heavy atom. The third-order valence-corrected chi connectivity index (χ3v) is 7.73. The number of hydrogen-bond acceptors (Lipinski definition) is 12. The second-order valence-electron chi connectivity index (χ2n) is 11.2. The molecule has 0 bridgehead atoms. The minimum Gasteiger partial charge on any atom is -0.504 e. The fraction of sp³-hybridized carbons (Fsp3) is 0.294. The molecule has 12 nitrogen and oxygen atoms in total. The Morgan fingerprint density at radius 1 is 0.435 bits per heavy atom. The lowest BCUT2D eigenvalue weighted by atomic mass is 9.80. The zero-order valence-electron chi connectivity index (χ0n) is 24.9. The van der Waals surface area contributed by atoms with Gasteiger partial charge in [0.05, 0.1) is 19.8 Å². The van der Waals surface area contributed by atoms with Crippen molar-refractivity contribution in [1.29, 1.82) is 0 Å². The molecular formula is C34H38O12. The number of hydrogen-bond donors (Lipinski definition) is 10. The maximum absolute atomic E-state index is 10.1. The Bertz CT molecular complexity index is 1590. The second-order valence-corrected chi connectivity index (χ2v) is 11.2. The fourth-order valence-corrected chi connectivity index (χ4v) is 5.32. The van der Waals surface area contributed by atoms with Crippen LogP contribution < -0.4 is 0 Å². The monoisotopic (exact) mass is 638 g/mol. The summed E-state index contributed by atoms with van der Waals surface area (Å²) in [7, 11) is 0. The van der Waals surface area contributed by atoms with Gasteiger partial charge in [-0.05, 0) is 108 Å². The van der Waals surface area contributed by atoms with E-state index in [-0.39, 0.29) is 54.7 Å². The summed E-state index contributed by atoms with van der Waals surface area (Å²) in [5, 5.41) is 98.4. The summed E-state index contributed by atoms with van der Waals surface area (Å²) in [6.45, 7) is 0.565. The van der Waals surface area contributed by atoms with Crippen molar-refractivity contribution in [2.45, 2.75) is 38.9 Å². The van der Waals surface area contributed by atoms with Gasteiger partial charge in [-0.1, -0.05) is 12.1 Å². The predicted octanol–water partition coefficient (Wildman–Crippen LogP) is 4.97. The molecule has 2 atom stereocenters. The molecule has 0 aliphatic heterocycles. The van der Waals surface area contributed by atoms with Gasteiger partial charge in [-0.25, -0.2) is 0 Å². The minimum absolute atomic E-state index is 0.000870. The van der Waals surface area contributed by atoms with Gasteiger partial charge in [-0.15, -0.1) is 0 Å². The fourth-order valence-electron chi connectivity index (χ4n) is 5.32. The van der Waals surface area contributed by atoms with Crippen molar-refractivity contribution in [3.8, 4) is 57.5 Å². The summed E-state index contributed by atoms with van der Waals surface area (Å²) in [5.41, 5.74) is 2.37. The molecule has 46 heavy (non-hydrogen) atoms. The van der Waals surface area contributed by atoms with Crippen LogP contribution in [-0.2, 0) is 35.5 Å². The van der Waals surface area contributed by atoms with E-state index >= 15 is 0 Å².